The molecule has 21 heavy (non-hydrogen) atoms. The number of hydrogen-bond acceptors (Lipinski definition) is 5. The number of benzene rings is 1. The van der Waals surface area contributed by atoms with Crippen molar-refractivity contribution in [2.24, 2.45) is 0 Å². The number of H-pyrrole nitrogens is 1. The first-order valence-corrected chi connectivity index (χ1v) is 6.22. The molecule has 0 spiro atoms. The first-order valence-electron chi connectivity index (χ1n) is 6.22. The maximum atomic E-state index is 11.7. The van der Waals surface area contributed by atoms with Gasteiger partial charge in [0.1, 0.15) is 0 Å². The highest BCUT2D eigenvalue weighted by atomic mass is 16.7. The smallest absolute Gasteiger partial charge is 0.313 e. The lowest BCUT2D eigenvalue weighted by Gasteiger charge is -2.13. The summed E-state index contributed by atoms with van der Waals surface area (Å²) in [6.07, 6.45) is 0.960. The Hall–Kier alpha value is -2.45. The molecule has 3 N–H and O–H groups in total. The molecule has 2 amide bonds. The van der Waals surface area contributed by atoms with Gasteiger partial charge in [0.15, 0.2) is 6.29 Å². The van der Waals surface area contributed by atoms with Crippen LogP contribution in [0.3, 0.4) is 0 Å². The quantitative estimate of drug-likeness (QED) is 0.540. The summed E-state index contributed by atoms with van der Waals surface area (Å²) in [5.74, 6) is -1.53. The number of fused-ring (bicyclic) bond motifs is 1. The third-order valence-corrected chi connectivity index (χ3v) is 2.84. The normalized spacial score (nSPS) is 10.8. The van der Waals surface area contributed by atoms with Gasteiger partial charge in [-0.2, -0.15) is 0 Å². The van der Waals surface area contributed by atoms with Gasteiger partial charge in [0.25, 0.3) is 0 Å². The lowest BCUT2D eigenvalue weighted by Crippen LogP contribution is -2.40. The van der Waals surface area contributed by atoms with E-state index in [-0.39, 0.29) is 6.54 Å². The minimum atomic E-state index is -0.765. The van der Waals surface area contributed by atoms with Gasteiger partial charge in [-0.3, -0.25) is 9.59 Å². The molecule has 0 bridgehead atoms. The topological polar surface area (TPSA) is 105 Å². The summed E-state index contributed by atoms with van der Waals surface area (Å²) in [6, 6.07) is 5.10. The summed E-state index contributed by atoms with van der Waals surface area (Å²) in [5.41, 5.74) is 2.05. The molecule has 0 radical (unpaired) electrons. The Labute approximate surface area is 120 Å². The summed E-state index contributed by atoms with van der Waals surface area (Å²) in [5, 5.41) is 4.92. The van der Waals surface area contributed by atoms with Crippen LogP contribution in [0.5, 0.6) is 0 Å². The highest BCUT2D eigenvalue weighted by Crippen LogP contribution is 2.15. The number of nitrogens with zero attached hydrogens (tertiary/aromatic N) is 1. The number of ether oxygens (including phenoxy) is 2. The zero-order chi connectivity index (χ0) is 15.2. The maximum absolute atomic E-state index is 11.7. The van der Waals surface area contributed by atoms with Crippen LogP contribution in [0.15, 0.2) is 24.5 Å². The van der Waals surface area contributed by atoms with Crippen LogP contribution in [-0.4, -0.2) is 48.8 Å². The number of anilines is 1. The van der Waals surface area contributed by atoms with E-state index in [0.717, 1.165) is 11.0 Å². The predicted octanol–water partition coefficient (Wildman–Crippen LogP) is 0.236. The van der Waals surface area contributed by atoms with Crippen molar-refractivity contribution in [2.45, 2.75) is 6.29 Å². The zero-order valence-corrected chi connectivity index (χ0v) is 11.7. The Kier molecular flexibility index (Phi) is 4.85. The maximum Gasteiger partial charge on any atom is 0.313 e. The van der Waals surface area contributed by atoms with Gasteiger partial charge in [0.05, 0.1) is 23.9 Å². The number of carbonyl (C=O) groups excluding carboxylic acids is 2. The molecule has 0 saturated carbocycles. The number of aromatic nitrogens is 2. The van der Waals surface area contributed by atoms with Crippen LogP contribution in [0.1, 0.15) is 0 Å². The van der Waals surface area contributed by atoms with Crippen molar-refractivity contribution in [2.75, 3.05) is 26.1 Å². The first-order chi connectivity index (χ1) is 10.1. The Morgan fingerprint density at radius 2 is 2.05 bits per heavy atom. The molecular formula is C13H16N4O4. The lowest BCUT2D eigenvalue weighted by molar-refractivity contribution is -0.139. The van der Waals surface area contributed by atoms with Crippen molar-refractivity contribution >= 4 is 28.5 Å². The summed E-state index contributed by atoms with van der Waals surface area (Å²) < 4.78 is 9.81. The summed E-state index contributed by atoms with van der Waals surface area (Å²) >= 11 is 0. The van der Waals surface area contributed by atoms with Gasteiger partial charge in [-0.1, -0.05) is 0 Å². The van der Waals surface area contributed by atoms with Gasteiger partial charge in [-0.15, -0.1) is 0 Å². The fourth-order valence-electron chi connectivity index (χ4n) is 1.72. The Morgan fingerprint density at radius 3 is 2.76 bits per heavy atom. The van der Waals surface area contributed by atoms with Gasteiger partial charge in [-0.05, 0) is 18.2 Å². The van der Waals surface area contributed by atoms with Crippen LogP contribution in [0.2, 0.25) is 0 Å². The Balaban J connectivity index is 1.92. The largest absolute Gasteiger partial charge is 0.354 e. The predicted molar refractivity (Wildman–Crippen MR) is 75.5 cm³/mol. The van der Waals surface area contributed by atoms with E-state index in [0.29, 0.717) is 5.69 Å². The Bertz CT molecular complexity index is 636. The number of rotatable bonds is 5. The van der Waals surface area contributed by atoms with Crippen LogP contribution in [0.4, 0.5) is 5.69 Å². The van der Waals surface area contributed by atoms with E-state index in [1.54, 1.807) is 24.5 Å². The third-order valence-electron chi connectivity index (χ3n) is 2.84. The molecule has 0 atom stereocenters. The average Bonchev–Trinajstić information content (AvgIpc) is 2.95. The van der Waals surface area contributed by atoms with Crippen molar-refractivity contribution in [1.29, 1.82) is 0 Å². The van der Waals surface area contributed by atoms with E-state index in [1.807, 2.05) is 0 Å². The molecule has 1 heterocycles. The first kappa shape index (κ1) is 14.9. The number of imidazole rings is 1. The molecular weight excluding hydrogens is 276 g/mol. The summed E-state index contributed by atoms with van der Waals surface area (Å²) in [6.45, 7) is 0.0822. The molecule has 0 aliphatic carbocycles. The number of amides is 2. The summed E-state index contributed by atoms with van der Waals surface area (Å²) in [7, 11) is 2.89. The van der Waals surface area contributed by atoms with Crippen molar-refractivity contribution in [3.8, 4) is 0 Å². The lowest BCUT2D eigenvalue weighted by atomic mass is 10.2. The van der Waals surface area contributed by atoms with E-state index >= 15 is 0 Å². The molecule has 0 saturated heterocycles. The van der Waals surface area contributed by atoms with Crippen molar-refractivity contribution < 1.29 is 19.1 Å². The van der Waals surface area contributed by atoms with E-state index in [4.69, 9.17) is 9.47 Å². The molecule has 112 valence electrons. The number of carbonyl (C=O) groups is 2. The van der Waals surface area contributed by atoms with E-state index in [9.17, 15) is 9.59 Å². The van der Waals surface area contributed by atoms with Crippen LogP contribution in [0.25, 0.3) is 11.0 Å². The molecule has 1 aromatic heterocycles. The van der Waals surface area contributed by atoms with Crippen LogP contribution >= 0.6 is 0 Å². The third kappa shape index (κ3) is 3.77. The monoisotopic (exact) mass is 292 g/mol. The van der Waals surface area contributed by atoms with E-state index in [1.165, 1.54) is 14.2 Å². The minimum Gasteiger partial charge on any atom is -0.354 e. The fraction of sp³-hybridized carbons (Fsp3) is 0.308. The molecule has 8 nitrogen and oxygen atoms in total. The van der Waals surface area contributed by atoms with Crippen molar-refractivity contribution in [3.05, 3.63) is 24.5 Å². The minimum absolute atomic E-state index is 0.0822. The molecule has 8 heteroatoms. The van der Waals surface area contributed by atoms with Gasteiger partial charge in [0, 0.05) is 19.9 Å². The molecule has 2 rings (SSSR count). The highest BCUT2D eigenvalue weighted by molar-refractivity contribution is 6.39. The van der Waals surface area contributed by atoms with Gasteiger partial charge in [0.2, 0.25) is 0 Å². The Morgan fingerprint density at radius 1 is 1.29 bits per heavy atom. The second-order valence-corrected chi connectivity index (χ2v) is 4.20. The average molecular weight is 292 g/mol. The zero-order valence-electron chi connectivity index (χ0n) is 11.7. The molecule has 0 aliphatic heterocycles. The molecule has 0 unspecified atom stereocenters. The van der Waals surface area contributed by atoms with Crippen molar-refractivity contribution in [3.63, 3.8) is 0 Å². The van der Waals surface area contributed by atoms with Crippen LogP contribution in [0, 0.1) is 0 Å². The number of aromatic amines is 1. The molecule has 2 aromatic rings. The highest BCUT2D eigenvalue weighted by Gasteiger charge is 2.15. The van der Waals surface area contributed by atoms with Crippen LogP contribution < -0.4 is 10.6 Å². The number of nitrogens with one attached hydrogen (secondary N) is 3. The fourth-order valence-corrected chi connectivity index (χ4v) is 1.72. The van der Waals surface area contributed by atoms with Crippen LogP contribution in [-0.2, 0) is 19.1 Å². The molecule has 1 aromatic carbocycles. The number of hydrogen-bond donors (Lipinski definition) is 3. The van der Waals surface area contributed by atoms with Gasteiger partial charge in [-0.25, -0.2) is 4.98 Å². The standard InChI is InChI=1S/C13H16N4O4/c1-20-11(21-2)6-14-12(18)13(19)17-8-3-4-9-10(5-8)16-7-15-9/h3-5,7,11H,6H2,1-2H3,(H,14,18)(H,15,16)(H,17,19). The molecule has 0 aliphatic rings. The second-order valence-electron chi connectivity index (χ2n) is 4.20. The SMILES string of the molecule is COC(CNC(=O)C(=O)Nc1ccc2nc[nH]c2c1)OC. The molecule has 0 fully saturated rings. The summed E-state index contributed by atoms with van der Waals surface area (Å²) in [4.78, 5) is 30.4. The van der Waals surface area contributed by atoms with Gasteiger partial charge < -0.3 is 25.1 Å². The van der Waals surface area contributed by atoms with Crippen molar-refractivity contribution in [1.82, 2.24) is 15.3 Å². The second kappa shape index (κ2) is 6.82. The van der Waals surface area contributed by atoms with E-state index < -0.39 is 18.1 Å². The number of methoxy groups -OCH3 is 2. The van der Waals surface area contributed by atoms with Gasteiger partial charge >= 0.3 is 11.8 Å². The van der Waals surface area contributed by atoms with E-state index in [2.05, 4.69) is 20.6 Å².